The summed E-state index contributed by atoms with van der Waals surface area (Å²) < 4.78 is 104. The lowest BCUT2D eigenvalue weighted by molar-refractivity contribution is -0.118. The summed E-state index contributed by atoms with van der Waals surface area (Å²) in [5.41, 5.74) is 4.10. The van der Waals surface area contributed by atoms with Crippen molar-refractivity contribution in [2.75, 3.05) is 38.1 Å². The third kappa shape index (κ3) is 10.2. The first-order valence-corrected chi connectivity index (χ1v) is 24.1. The Kier molecular flexibility index (Phi) is 13.7. The van der Waals surface area contributed by atoms with Crippen LogP contribution in [0.2, 0.25) is 0 Å². The molecule has 0 saturated heterocycles. The Bertz CT molecular complexity index is 3560. The molecular formula is C49H42F2N6O11S2. The fraction of sp³-hybridized carbons (Fsp3) is 0.163. The first-order chi connectivity index (χ1) is 33.4. The van der Waals surface area contributed by atoms with Crippen LogP contribution in [0.1, 0.15) is 33.5 Å². The minimum atomic E-state index is -4.08. The number of ether oxygens (including phenoxy) is 4. The minimum absolute atomic E-state index is 0.00170. The molecule has 2 N–H and O–H groups in total. The number of hydrogen-bond donors (Lipinski definition) is 2. The van der Waals surface area contributed by atoms with Crippen molar-refractivity contribution in [1.82, 2.24) is 18.4 Å². The smallest absolute Gasteiger partial charge is 0.283 e. The molecule has 0 saturated carbocycles. The van der Waals surface area contributed by atoms with E-state index < -0.39 is 44.2 Å². The summed E-state index contributed by atoms with van der Waals surface area (Å²) in [6, 6.07) is 29.9. The van der Waals surface area contributed by atoms with Crippen LogP contribution in [0.15, 0.2) is 131 Å². The highest BCUT2D eigenvalue weighted by atomic mass is 32.2. The lowest BCUT2D eigenvalue weighted by Crippen LogP contribution is -2.21. The van der Waals surface area contributed by atoms with Gasteiger partial charge in [-0.25, -0.2) is 8.78 Å². The van der Waals surface area contributed by atoms with Gasteiger partial charge in [0.1, 0.15) is 23.1 Å². The summed E-state index contributed by atoms with van der Waals surface area (Å²) in [4.78, 5) is 36.8. The van der Waals surface area contributed by atoms with Crippen molar-refractivity contribution in [2.24, 2.45) is 0 Å². The van der Waals surface area contributed by atoms with Crippen molar-refractivity contribution in [3.8, 4) is 23.3 Å². The molecule has 17 nitrogen and oxygen atoms in total. The molecule has 0 spiro atoms. The Morgan fingerprint density at radius 3 is 1.70 bits per heavy atom. The Labute approximate surface area is 399 Å². The minimum Gasteiger partial charge on any atom is -0.497 e. The highest BCUT2D eigenvalue weighted by molar-refractivity contribution is 7.90. The summed E-state index contributed by atoms with van der Waals surface area (Å²) in [5.74, 6) is -2.07. The number of halogens is 2. The maximum Gasteiger partial charge on any atom is 0.283 e. The molecule has 70 heavy (non-hydrogen) atoms. The van der Waals surface area contributed by atoms with Gasteiger partial charge in [0.2, 0.25) is 17.7 Å². The monoisotopic (exact) mass is 992 g/mol. The van der Waals surface area contributed by atoms with Crippen LogP contribution in [-0.2, 0) is 36.1 Å². The highest BCUT2D eigenvalue weighted by Crippen LogP contribution is 2.34. The van der Waals surface area contributed by atoms with E-state index in [1.807, 2.05) is 13.8 Å². The van der Waals surface area contributed by atoms with Gasteiger partial charge in [-0.3, -0.25) is 14.4 Å². The number of nitrogens with zero attached hydrogens (tertiary/aromatic N) is 4. The molecule has 0 atom stereocenters. The molecule has 9 rings (SSSR count). The van der Waals surface area contributed by atoms with Crippen molar-refractivity contribution in [1.29, 1.82) is 0 Å². The second-order valence-corrected chi connectivity index (χ2v) is 19.3. The lowest BCUT2D eigenvalue weighted by atomic mass is 9.99. The van der Waals surface area contributed by atoms with Gasteiger partial charge >= 0.3 is 0 Å². The Morgan fingerprint density at radius 2 is 1.19 bits per heavy atom. The number of fused-ring (bicyclic) bond motifs is 3. The van der Waals surface area contributed by atoms with E-state index in [4.69, 9.17) is 18.9 Å². The van der Waals surface area contributed by atoms with Gasteiger partial charge in [-0.1, -0.05) is 35.4 Å². The fourth-order valence-electron chi connectivity index (χ4n) is 7.23. The third-order valence-electron chi connectivity index (χ3n) is 10.9. The number of amides is 2. The van der Waals surface area contributed by atoms with Gasteiger partial charge in [0.15, 0.2) is 19.0 Å². The largest absolute Gasteiger partial charge is 0.497 e. The first kappa shape index (κ1) is 48.3. The van der Waals surface area contributed by atoms with Gasteiger partial charge in [0.05, 0.1) is 51.5 Å². The number of hydrogen-bond acceptors (Lipinski definition) is 13. The highest BCUT2D eigenvalue weighted by Gasteiger charge is 2.27. The van der Waals surface area contributed by atoms with E-state index in [9.17, 15) is 40.0 Å². The van der Waals surface area contributed by atoms with E-state index in [0.717, 1.165) is 37.0 Å². The molecule has 0 radical (unpaired) electrons. The quantitative estimate of drug-likeness (QED) is 0.100. The van der Waals surface area contributed by atoms with Gasteiger partial charge in [0, 0.05) is 23.7 Å². The molecule has 0 aliphatic carbocycles. The average molecular weight is 993 g/mol. The maximum absolute atomic E-state index is 13.8. The fourth-order valence-corrected chi connectivity index (χ4v) is 9.78. The number of anilines is 2. The van der Waals surface area contributed by atoms with Gasteiger partial charge in [-0.15, -0.1) is 18.4 Å². The van der Waals surface area contributed by atoms with Crippen LogP contribution in [0.3, 0.4) is 0 Å². The standard InChI is InChI=1S/C26H23N3O6S.C23H19F2N3O5S/c1-16-3-8-20(9-4-16)36(32,33)29-23-11-7-19(34-2)14-21(23)26(28-29)35-15-24(30)18-5-10-22-17(13-18)6-12-25(31)27-22;1-14-3-7-17(8-4-14)34(30,31)28-21-10-6-16(32-2)12-18(21)23(27-28)33-13-22(29)26-20-9-5-15(24)11-19(20)25/h3-5,7-11,13-14H,6,12,15H2,1-2H3,(H,27,31);3-12H,13H2,1-2H3,(H,26,29). The van der Waals surface area contributed by atoms with Crippen LogP contribution in [0.5, 0.6) is 23.3 Å². The SMILES string of the molecule is COc1ccc2c(c1)c(OCC(=O)Nc1ccc(F)cc1F)nn2S(=O)(=O)c1ccc(C)cc1.COc1ccc2c(c1)c(OCC(=O)c1ccc3c(c1)CCC(=O)N3)nn2S(=O)(=O)c1ccc(C)cc1. The molecule has 21 heteroatoms. The number of aryl methyl sites for hydroxylation is 3. The van der Waals surface area contributed by atoms with Gasteiger partial charge < -0.3 is 29.6 Å². The van der Waals surface area contributed by atoms with Crippen LogP contribution >= 0.6 is 0 Å². The predicted molar refractivity (Wildman–Crippen MR) is 254 cm³/mol. The van der Waals surface area contributed by atoms with E-state index in [0.29, 0.717) is 52.6 Å². The zero-order valence-electron chi connectivity index (χ0n) is 37.7. The zero-order valence-corrected chi connectivity index (χ0v) is 39.4. The molecule has 0 unspecified atom stereocenters. The number of carbonyl (C=O) groups excluding carboxylic acids is 3. The number of aromatic nitrogens is 4. The molecular weight excluding hydrogens is 951 g/mol. The van der Waals surface area contributed by atoms with Crippen molar-refractivity contribution in [3.63, 3.8) is 0 Å². The lowest BCUT2D eigenvalue weighted by Gasteiger charge is -2.17. The maximum atomic E-state index is 13.8. The van der Waals surface area contributed by atoms with Crippen molar-refractivity contribution < 1.29 is 58.9 Å². The van der Waals surface area contributed by atoms with E-state index in [1.165, 1.54) is 50.6 Å². The predicted octanol–water partition coefficient (Wildman–Crippen LogP) is 7.62. The van der Waals surface area contributed by atoms with Crippen LogP contribution in [0.25, 0.3) is 21.8 Å². The van der Waals surface area contributed by atoms with E-state index in [2.05, 4.69) is 20.8 Å². The summed E-state index contributed by atoms with van der Waals surface area (Å²) >= 11 is 0. The molecule has 1 aliphatic rings. The Morgan fingerprint density at radius 1 is 0.657 bits per heavy atom. The van der Waals surface area contributed by atoms with Gasteiger partial charge in [0.25, 0.3) is 26.0 Å². The number of rotatable bonds is 14. The van der Waals surface area contributed by atoms with Gasteiger partial charge in [-0.05, 0) is 117 Å². The average Bonchev–Trinajstić information content (AvgIpc) is 3.92. The molecule has 8 aromatic rings. The second-order valence-electron chi connectivity index (χ2n) is 15.8. The number of ketones is 1. The topological polar surface area (TPSA) is 216 Å². The number of benzene rings is 6. The van der Waals surface area contributed by atoms with Crippen molar-refractivity contribution in [3.05, 3.63) is 155 Å². The zero-order chi connectivity index (χ0) is 49.9. The second kappa shape index (κ2) is 19.8. The van der Waals surface area contributed by atoms with Crippen LogP contribution in [0.4, 0.5) is 20.2 Å². The number of carbonyl (C=O) groups is 3. The van der Waals surface area contributed by atoms with E-state index in [1.54, 1.807) is 66.7 Å². The Balaban J connectivity index is 0.000000189. The molecule has 0 bridgehead atoms. The summed E-state index contributed by atoms with van der Waals surface area (Å²) in [5, 5.41) is 14.1. The van der Waals surface area contributed by atoms with Crippen molar-refractivity contribution in [2.45, 2.75) is 36.5 Å². The molecule has 3 heterocycles. The molecule has 1 aliphatic heterocycles. The summed E-state index contributed by atoms with van der Waals surface area (Å²) in [6.07, 6.45) is 0.913. The molecule has 6 aromatic carbocycles. The third-order valence-corrected chi connectivity index (χ3v) is 14.1. The Hall–Kier alpha value is -8.17. The molecule has 2 aromatic heterocycles. The summed E-state index contributed by atoms with van der Waals surface area (Å²) in [7, 11) is -5.16. The summed E-state index contributed by atoms with van der Waals surface area (Å²) in [6.45, 7) is 2.75. The van der Waals surface area contributed by atoms with E-state index >= 15 is 0 Å². The molecule has 360 valence electrons. The normalized spacial score (nSPS) is 12.3. The number of Topliss-reactive ketones (excluding diaryl/α,β-unsaturated/α-hetero) is 1. The number of nitrogens with one attached hydrogen (secondary N) is 2. The first-order valence-electron chi connectivity index (χ1n) is 21.2. The van der Waals surface area contributed by atoms with E-state index in [-0.39, 0.29) is 56.4 Å². The molecule has 0 fully saturated rings. The van der Waals surface area contributed by atoms with Crippen LogP contribution in [0, 0.1) is 25.5 Å². The van der Waals surface area contributed by atoms with Crippen LogP contribution < -0.4 is 29.6 Å². The number of methoxy groups -OCH3 is 2. The molecule has 2 amide bonds. The van der Waals surface area contributed by atoms with Gasteiger partial charge in [-0.2, -0.15) is 16.8 Å². The van der Waals surface area contributed by atoms with Crippen molar-refractivity contribution >= 4 is 70.8 Å². The van der Waals surface area contributed by atoms with Crippen LogP contribution in [-0.4, -0.2) is 80.2 Å².